The van der Waals surface area contributed by atoms with Gasteiger partial charge in [-0.3, -0.25) is 0 Å². The van der Waals surface area contributed by atoms with Gasteiger partial charge in [0.05, 0.1) is 19.5 Å². The summed E-state index contributed by atoms with van der Waals surface area (Å²) in [5.41, 5.74) is 6.01. The van der Waals surface area contributed by atoms with Crippen molar-refractivity contribution in [1.29, 1.82) is 0 Å². The predicted molar refractivity (Wildman–Crippen MR) is 61.3 cm³/mol. The van der Waals surface area contributed by atoms with Gasteiger partial charge in [0.15, 0.2) is 9.84 Å². The molecule has 0 atom stereocenters. The Bertz CT molecular complexity index is 456. The van der Waals surface area contributed by atoms with Crippen molar-refractivity contribution in [3.8, 4) is 5.75 Å². The zero-order valence-corrected chi connectivity index (χ0v) is 10.1. The Morgan fingerprint density at radius 1 is 1.31 bits per heavy atom. The van der Waals surface area contributed by atoms with Crippen LogP contribution in [0.1, 0.15) is 0 Å². The van der Waals surface area contributed by atoms with Crippen molar-refractivity contribution in [3.05, 3.63) is 18.2 Å². The van der Waals surface area contributed by atoms with Gasteiger partial charge in [-0.1, -0.05) is 0 Å². The highest BCUT2D eigenvalue weighted by molar-refractivity contribution is 7.91. The molecule has 0 aliphatic carbocycles. The van der Waals surface area contributed by atoms with E-state index in [9.17, 15) is 8.42 Å². The lowest BCUT2D eigenvalue weighted by molar-refractivity contribution is 0.217. The molecule has 1 aromatic carbocycles. The summed E-state index contributed by atoms with van der Waals surface area (Å²) in [7, 11) is -0.527. The average Bonchev–Trinajstić information content (AvgIpc) is 2.26. The van der Waals surface area contributed by atoms with Crippen LogP contribution in [0.3, 0.4) is 0 Å². The van der Waals surface area contributed by atoms with Crippen LogP contribution in [0.2, 0.25) is 0 Å². The molecule has 0 saturated carbocycles. The molecule has 1 aromatic rings. The van der Waals surface area contributed by atoms with Gasteiger partial charge >= 0.3 is 0 Å². The molecular formula is C10H15NO4S. The molecular weight excluding hydrogens is 230 g/mol. The molecule has 16 heavy (non-hydrogen) atoms. The molecule has 0 spiro atoms. The van der Waals surface area contributed by atoms with E-state index >= 15 is 0 Å². The fraction of sp³-hybridized carbons (Fsp3) is 0.400. The second-order valence-corrected chi connectivity index (χ2v) is 5.30. The third-order valence-electron chi connectivity index (χ3n) is 2.08. The minimum atomic E-state index is -3.39. The number of methoxy groups -OCH3 is 2. The Morgan fingerprint density at radius 3 is 2.56 bits per heavy atom. The lowest BCUT2D eigenvalue weighted by atomic mass is 10.3. The third kappa shape index (κ3) is 2.86. The van der Waals surface area contributed by atoms with E-state index < -0.39 is 9.84 Å². The first-order valence-electron chi connectivity index (χ1n) is 4.66. The van der Waals surface area contributed by atoms with Crippen LogP contribution in [0.5, 0.6) is 5.75 Å². The Balaban J connectivity index is 3.12. The maximum absolute atomic E-state index is 11.9. The molecule has 0 aromatic heterocycles. The Hall–Kier alpha value is -1.27. The van der Waals surface area contributed by atoms with Crippen molar-refractivity contribution < 1.29 is 17.9 Å². The van der Waals surface area contributed by atoms with Crippen LogP contribution in [0.4, 0.5) is 5.69 Å². The van der Waals surface area contributed by atoms with Crippen LogP contribution in [0.15, 0.2) is 23.1 Å². The van der Waals surface area contributed by atoms with E-state index in [0.717, 1.165) is 0 Å². The number of hydrogen-bond acceptors (Lipinski definition) is 5. The molecule has 2 N–H and O–H groups in total. The quantitative estimate of drug-likeness (QED) is 0.772. The molecule has 0 radical (unpaired) electrons. The highest BCUT2D eigenvalue weighted by Gasteiger charge is 2.19. The maximum Gasteiger partial charge on any atom is 0.184 e. The minimum Gasteiger partial charge on any atom is -0.495 e. The number of nitrogens with two attached hydrogens (primary N) is 1. The van der Waals surface area contributed by atoms with E-state index in [-0.39, 0.29) is 23.0 Å². The summed E-state index contributed by atoms with van der Waals surface area (Å²) in [6.07, 6.45) is 0. The van der Waals surface area contributed by atoms with Gasteiger partial charge in [-0.25, -0.2) is 8.42 Å². The van der Waals surface area contributed by atoms with Crippen molar-refractivity contribution in [1.82, 2.24) is 0 Å². The number of anilines is 1. The first-order chi connectivity index (χ1) is 7.51. The van der Waals surface area contributed by atoms with Crippen molar-refractivity contribution in [2.45, 2.75) is 4.90 Å². The maximum atomic E-state index is 11.9. The summed E-state index contributed by atoms with van der Waals surface area (Å²) in [4.78, 5) is 0.140. The van der Waals surface area contributed by atoms with Gasteiger partial charge in [0.1, 0.15) is 10.6 Å². The Morgan fingerprint density at radius 2 is 2.00 bits per heavy atom. The topological polar surface area (TPSA) is 78.6 Å². The summed E-state index contributed by atoms with van der Waals surface area (Å²) < 4.78 is 33.5. The number of nitrogen functional groups attached to an aromatic ring is 1. The summed E-state index contributed by atoms with van der Waals surface area (Å²) in [5.74, 6) is 0.181. The van der Waals surface area contributed by atoms with E-state index in [4.69, 9.17) is 15.2 Å². The van der Waals surface area contributed by atoms with E-state index in [2.05, 4.69) is 0 Å². The van der Waals surface area contributed by atoms with Crippen LogP contribution in [-0.2, 0) is 14.6 Å². The normalized spacial score (nSPS) is 11.4. The first-order valence-corrected chi connectivity index (χ1v) is 6.31. The van der Waals surface area contributed by atoms with Crippen LogP contribution < -0.4 is 10.5 Å². The van der Waals surface area contributed by atoms with Gasteiger partial charge < -0.3 is 15.2 Å². The Kier molecular flexibility index (Phi) is 4.14. The van der Waals surface area contributed by atoms with Crippen molar-refractivity contribution in [2.24, 2.45) is 0 Å². The minimum absolute atomic E-state index is 0.0796. The molecule has 0 unspecified atom stereocenters. The van der Waals surface area contributed by atoms with Crippen molar-refractivity contribution >= 4 is 15.5 Å². The Labute approximate surface area is 95.1 Å². The molecule has 0 heterocycles. The van der Waals surface area contributed by atoms with Crippen LogP contribution >= 0.6 is 0 Å². The van der Waals surface area contributed by atoms with Crippen LogP contribution in [0, 0.1) is 0 Å². The number of benzene rings is 1. The van der Waals surface area contributed by atoms with Gasteiger partial charge in [0.25, 0.3) is 0 Å². The summed E-state index contributed by atoms with van der Waals surface area (Å²) >= 11 is 0. The smallest absolute Gasteiger partial charge is 0.184 e. The van der Waals surface area contributed by atoms with Crippen molar-refractivity contribution in [2.75, 3.05) is 32.3 Å². The van der Waals surface area contributed by atoms with Gasteiger partial charge in [0.2, 0.25) is 0 Å². The van der Waals surface area contributed by atoms with Crippen LogP contribution in [-0.4, -0.2) is 35.0 Å². The second kappa shape index (κ2) is 5.18. The summed E-state index contributed by atoms with van der Waals surface area (Å²) in [5, 5.41) is 0. The van der Waals surface area contributed by atoms with Gasteiger partial charge in [-0.2, -0.15) is 0 Å². The number of rotatable bonds is 5. The monoisotopic (exact) mass is 245 g/mol. The summed E-state index contributed by atoms with van der Waals surface area (Å²) in [6, 6.07) is 4.46. The average molecular weight is 245 g/mol. The zero-order chi connectivity index (χ0) is 12.2. The fourth-order valence-corrected chi connectivity index (χ4v) is 2.57. The van der Waals surface area contributed by atoms with Crippen LogP contribution in [0.25, 0.3) is 0 Å². The fourth-order valence-electron chi connectivity index (χ4n) is 1.24. The first kappa shape index (κ1) is 12.8. The van der Waals surface area contributed by atoms with E-state index in [1.807, 2.05) is 0 Å². The predicted octanol–water partition coefficient (Wildman–Crippen LogP) is 0.697. The largest absolute Gasteiger partial charge is 0.495 e. The second-order valence-electron chi connectivity index (χ2n) is 3.22. The van der Waals surface area contributed by atoms with Crippen molar-refractivity contribution in [3.63, 3.8) is 0 Å². The van der Waals surface area contributed by atoms with E-state index in [1.165, 1.54) is 32.4 Å². The third-order valence-corrected chi connectivity index (χ3v) is 3.79. The van der Waals surface area contributed by atoms with E-state index in [1.54, 1.807) is 0 Å². The highest BCUT2D eigenvalue weighted by Crippen LogP contribution is 2.26. The molecule has 0 fully saturated rings. The molecule has 0 bridgehead atoms. The van der Waals surface area contributed by atoms with Gasteiger partial charge in [-0.15, -0.1) is 0 Å². The van der Waals surface area contributed by atoms with Gasteiger partial charge in [-0.05, 0) is 12.1 Å². The zero-order valence-electron chi connectivity index (χ0n) is 9.26. The standard InChI is InChI=1S/C10H15NO4S/c1-14-5-6-16(12,13)10-4-3-8(11)7-9(10)15-2/h3-4,7H,5-6,11H2,1-2H3. The summed E-state index contributed by atoms with van der Waals surface area (Å²) in [6.45, 7) is 0.149. The van der Waals surface area contributed by atoms with E-state index in [0.29, 0.717) is 5.69 Å². The molecule has 1 rings (SSSR count). The molecule has 0 aliphatic heterocycles. The molecule has 90 valence electrons. The molecule has 6 heteroatoms. The SMILES string of the molecule is COCCS(=O)(=O)c1ccc(N)cc1OC. The molecule has 0 amide bonds. The van der Waals surface area contributed by atoms with Gasteiger partial charge in [0, 0.05) is 18.9 Å². The molecule has 0 aliphatic rings. The lowest BCUT2D eigenvalue weighted by Gasteiger charge is -2.09. The molecule has 5 nitrogen and oxygen atoms in total. The number of ether oxygens (including phenoxy) is 2. The lowest BCUT2D eigenvalue weighted by Crippen LogP contribution is -2.12. The number of sulfone groups is 1. The number of hydrogen-bond donors (Lipinski definition) is 1. The highest BCUT2D eigenvalue weighted by atomic mass is 32.2. The molecule has 0 saturated heterocycles.